The number of alkyl halides is 3. The van der Waals surface area contributed by atoms with E-state index >= 15 is 0 Å². The summed E-state index contributed by atoms with van der Waals surface area (Å²) in [5, 5.41) is 10.4. The van der Waals surface area contributed by atoms with Gasteiger partial charge in [0.2, 0.25) is 8.32 Å². The van der Waals surface area contributed by atoms with Crippen LogP contribution >= 0.6 is 11.3 Å². The van der Waals surface area contributed by atoms with Gasteiger partial charge in [-0.25, -0.2) is 4.79 Å². The van der Waals surface area contributed by atoms with Crippen molar-refractivity contribution in [3.63, 3.8) is 0 Å². The zero-order chi connectivity index (χ0) is 33.3. The molecule has 1 fully saturated rings. The monoisotopic (exact) mass is 659 g/mol. The number of benzene rings is 1. The first kappa shape index (κ1) is 35.8. The first-order chi connectivity index (χ1) is 20.1. The van der Waals surface area contributed by atoms with Crippen LogP contribution in [0.2, 0.25) is 18.1 Å². The Labute approximate surface area is 261 Å². The van der Waals surface area contributed by atoms with Crippen LogP contribution in [-0.2, 0) is 27.4 Å². The number of halogens is 3. The summed E-state index contributed by atoms with van der Waals surface area (Å²) < 4.78 is 60.5. The summed E-state index contributed by atoms with van der Waals surface area (Å²) in [5.41, 5.74) is -1.66. The van der Waals surface area contributed by atoms with E-state index in [4.69, 9.17) is 14.0 Å². The number of hydrogen-bond acceptors (Lipinski definition) is 6. The van der Waals surface area contributed by atoms with Crippen molar-refractivity contribution in [2.24, 2.45) is 4.99 Å². The fraction of sp³-hybridized carbons (Fsp3) is 0.633. The molecule has 0 saturated carbocycles. The van der Waals surface area contributed by atoms with Crippen molar-refractivity contribution in [1.29, 1.82) is 0 Å². The molecule has 246 valence electrons. The van der Waals surface area contributed by atoms with Crippen molar-refractivity contribution in [2.45, 2.75) is 110 Å². The highest BCUT2D eigenvalue weighted by molar-refractivity contribution is 7.09. The summed E-state index contributed by atoms with van der Waals surface area (Å²) in [6.45, 7) is 18.1. The average Bonchev–Trinajstić information content (AvgIpc) is 3.54. The second-order valence-corrected chi connectivity index (χ2v) is 19.4. The van der Waals surface area contributed by atoms with E-state index in [2.05, 4.69) is 4.99 Å². The Kier molecular flexibility index (Phi) is 10.9. The summed E-state index contributed by atoms with van der Waals surface area (Å²) >= 11 is 1.29. The number of carbonyl (C=O) groups excluding carboxylic acids is 1. The number of carbonyl (C=O) groups is 2. The van der Waals surface area contributed by atoms with Crippen LogP contribution < -0.4 is 9.54 Å². The van der Waals surface area contributed by atoms with Gasteiger partial charge in [0, 0.05) is 17.7 Å². The standard InChI is InChI=1S/C30H44F3N3O6SSi/c1-19(36(27(38)39)42-44(8,9)29(5,6)7)18-41-23-13-12-20(30(31,32)33)15-22(23)25(37)34-26-35(16-21-11-10-14-40-21)17-24(43-26)28(2,3)4/h12-13,15,17,19,21H,10-11,14,16,18H2,1-9H3,(H,38,39)/t19?,21-/m1/s1. The summed E-state index contributed by atoms with van der Waals surface area (Å²) in [7, 11) is -2.55. The predicted octanol–water partition coefficient (Wildman–Crippen LogP) is 7.47. The van der Waals surface area contributed by atoms with Crippen LogP contribution in [0.1, 0.15) is 82.1 Å². The molecule has 0 bridgehead atoms. The molecule has 1 aromatic carbocycles. The van der Waals surface area contributed by atoms with Gasteiger partial charge in [0.25, 0.3) is 5.91 Å². The molecule has 2 heterocycles. The van der Waals surface area contributed by atoms with Crippen LogP contribution in [0.3, 0.4) is 0 Å². The minimum Gasteiger partial charge on any atom is -0.491 e. The van der Waals surface area contributed by atoms with Crippen molar-refractivity contribution in [1.82, 2.24) is 9.63 Å². The van der Waals surface area contributed by atoms with Gasteiger partial charge < -0.3 is 23.7 Å². The van der Waals surface area contributed by atoms with Crippen LogP contribution in [-0.4, -0.2) is 60.4 Å². The number of hydrogen-bond donors (Lipinski definition) is 1. The molecule has 1 unspecified atom stereocenters. The molecule has 1 aliphatic rings. The molecular weight excluding hydrogens is 615 g/mol. The molecule has 9 nitrogen and oxygen atoms in total. The van der Waals surface area contributed by atoms with Gasteiger partial charge in [-0.3, -0.25) is 4.79 Å². The number of aromatic nitrogens is 1. The molecule has 1 saturated heterocycles. The highest BCUT2D eigenvalue weighted by Crippen LogP contribution is 2.38. The maximum absolute atomic E-state index is 13.7. The van der Waals surface area contributed by atoms with Crippen LogP contribution in [0.25, 0.3) is 0 Å². The quantitative estimate of drug-likeness (QED) is 0.221. The van der Waals surface area contributed by atoms with Crippen molar-refractivity contribution in [3.8, 4) is 5.75 Å². The Morgan fingerprint density at radius 3 is 2.39 bits per heavy atom. The lowest BCUT2D eigenvalue weighted by Crippen LogP contribution is -2.52. The fourth-order valence-electron chi connectivity index (χ4n) is 4.08. The highest BCUT2D eigenvalue weighted by atomic mass is 32.1. The van der Waals surface area contributed by atoms with Crippen molar-refractivity contribution in [2.75, 3.05) is 13.2 Å². The van der Waals surface area contributed by atoms with Crippen molar-refractivity contribution < 1.29 is 41.9 Å². The first-order valence-corrected chi connectivity index (χ1v) is 18.3. The summed E-state index contributed by atoms with van der Waals surface area (Å²) in [6.07, 6.45) is -2.39. The van der Waals surface area contributed by atoms with E-state index in [1.165, 1.54) is 11.3 Å². The molecule has 2 amide bonds. The third-order valence-electron chi connectivity index (χ3n) is 7.82. The van der Waals surface area contributed by atoms with E-state index < -0.39 is 38.1 Å². The average molecular weight is 660 g/mol. The lowest BCUT2D eigenvalue weighted by molar-refractivity contribution is -0.137. The van der Waals surface area contributed by atoms with E-state index in [1.54, 1.807) is 6.92 Å². The van der Waals surface area contributed by atoms with Gasteiger partial charge in [0.05, 0.1) is 29.8 Å². The number of rotatable bonds is 9. The highest BCUT2D eigenvalue weighted by Gasteiger charge is 2.42. The van der Waals surface area contributed by atoms with E-state index in [0.29, 0.717) is 18.0 Å². The molecule has 1 N–H and O–H groups in total. The molecule has 2 atom stereocenters. The Morgan fingerprint density at radius 2 is 1.86 bits per heavy atom. The minimum absolute atomic E-state index is 0.0499. The van der Waals surface area contributed by atoms with Gasteiger partial charge >= 0.3 is 12.3 Å². The van der Waals surface area contributed by atoms with Crippen LogP contribution in [0.5, 0.6) is 5.75 Å². The zero-order valence-electron chi connectivity index (χ0n) is 26.9. The molecule has 14 heteroatoms. The lowest BCUT2D eigenvalue weighted by atomic mass is 9.95. The largest absolute Gasteiger partial charge is 0.491 e. The first-order valence-electron chi connectivity index (χ1n) is 14.6. The normalized spacial score (nSPS) is 17.5. The lowest BCUT2D eigenvalue weighted by Gasteiger charge is -2.40. The minimum atomic E-state index is -4.71. The van der Waals surface area contributed by atoms with Gasteiger partial charge in [-0.15, -0.1) is 11.3 Å². The molecule has 0 aliphatic carbocycles. The van der Waals surface area contributed by atoms with Gasteiger partial charge in [0.15, 0.2) is 4.80 Å². The molecule has 1 aromatic heterocycles. The van der Waals surface area contributed by atoms with Crippen molar-refractivity contribution >= 4 is 31.7 Å². The summed E-state index contributed by atoms with van der Waals surface area (Å²) in [5.74, 6) is -1.05. The Balaban J connectivity index is 1.98. The molecule has 2 aromatic rings. The topological polar surface area (TPSA) is 103 Å². The Bertz CT molecular complexity index is 1400. The number of thiazole rings is 1. The smallest absolute Gasteiger partial charge is 0.430 e. The van der Waals surface area contributed by atoms with Gasteiger partial charge in [-0.2, -0.15) is 23.2 Å². The second-order valence-electron chi connectivity index (χ2n) is 13.7. The van der Waals surface area contributed by atoms with E-state index in [-0.39, 0.29) is 34.5 Å². The maximum Gasteiger partial charge on any atom is 0.430 e. The molecule has 3 rings (SSSR count). The van der Waals surface area contributed by atoms with Gasteiger partial charge in [-0.1, -0.05) is 41.5 Å². The zero-order valence-corrected chi connectivity index (χ0v) is 28.7. The number of nitrogens with zero attached hydrogens (tertiary/aromatic N) is 3. The third kappa shape index (κ3) is 8.95. The molecular formula is C30H44F3N3O6SSi. The molecule has 44 heavy (non-hydrogen) atoms. The second kappa shape index (κ2) is 13.4. The van der Waals surface area contributed by atoms with Gasteiger partial charge in [-0.05, 0) is 61.5 Å². The summed E-state index contributed by atoms with van der Waals surface area (Å²) in [6, 6.07) is 1.76. The third-order valence-corrected chi connectivity index (χ3v) is 13.5. The van der Waals surface area contributed by atoms with Crippen molar-refractivity contribution in [3.05, 3.63) is 45.2 Å². The molecule has 0 radical (unpaired) electrons. The number of hydroxylamine groups is 2. The Morgan fingerprint density at radius 1 is 1.20 bits per heavy atom. The molecule has 0 spiro atoms. The number of carboxylic acid groups (broad SMARTS) is 1. The Hall–Kier alpha value is -2.68. The van der Waals surface area contributed by atoms with E-state index in [9.17, 15) is 27.9 Å². The predicted molar refractivity (Wildman–Crippen MR) is 164 cm³/mol. The summed E-state index contributed by atoms with van der Waals surface area (Å²) in [4.78, 5) is 31.2. The van der Waals surface area contributed by atoms with Gasteiger partial charge in [0.1, 0.15) is 12.4 Å². The molecule has 1 aliphatic heterocycles. The fourth-order valence-corrected chi connectivity index (χ4v) is 6.16. The van der Waals surface area contributed by atoms with E-state index in [1.807, 2.05) is 65.4 Å². The van der Waals surface area contributed by atoms with Crippen LogP contribution in [0.4, 0.5) is 18.0 Å². The SMILES string of the molecule is CC(COc1ccc(C(F)(F)F)cc1C(=O)N=c1sc(C(C)(C)C)cn1C[C@H]1CCCO1)N(O[Si](C)(C)C(C)(C)C)C(=O)O. The number of ether oxygens (including phenoxy) is 2. The van der Waals surface area contributed by atoms with Crippen LogP contribution in [0.15, 0.2) is 29.4 Å². The van der Waals surface area contributed by atoms with E-state index in [0.717, 1.165) is 41.0 Å². The van der Waals surface area contributed by atoms with Crippen LogP contribution in [0, 0.1) is 0 Å². The number of amides is 2. The maximum atomic E-state index is 13.7.